The highest BCUT2D eigenvalue weighted by Gasteiger charge is 2.41. The van der Waals surface area contributed by atoms with Gasteiger partial charge in [0.1, 0.15) is 0 Å². The van der Waals surface area contributed by atoms with Crippen molar-refractivity contribution in [3.63, 3.8) is 0 Å². The van der Waals surface area contributed by atoms with E-state index in [2.05, 4.69) is 31.0 Å². The van der Waals surface area contributed by atoms with E-state index in [0.29, 0.717) is 12.2 Å². The number of nitrogens with zero attached hydrogens (tertiary/aromatic N) is 1. The van der Waals surface area contributed by atoms with Gasteiger partial charge in [0, 0.05) is 37.1 Å². The van der Waals surface area contributed by atoms with Crippen LogP contribution in [0.1, 0.15) is 52.9 Å². The molecule has 3 aliphatic heterocycles. The van der Waals surface area contributed by atoms with E-state index >= 15 is 0 Å². The van der Waals surface area contributed by atoms with Crippen molar-refractivity contribution in [2.75, 3.05) is 13.1 Å². The molecule has 3 nitrogen and oxygen atoms in total. The first kappa shape index (κ1) is 12.9. The van der Waals surface area contributed by atoms with Gasteiger partial charge in [0.15, 0.2) is 0 Å². The summed E-state index contributed by atoms with van der Waals surface area (Å²) in [6.07, 6.45) is 7.87. The topological polar surface area (TPSA) is 24.5 Å². The van der Waals surface area contributed by atoms with Crippen molar-refractivity contribution in [3.05, 3.63) is 0 Å². The summed E-state index contributed by atoms with van der Waals surface area (Å²) in [4.78, 5) is 2.70. The Balaban J connectivity index is 1.45. The highest BCUT2D eigenvalue weighted by Crippen LogP contribution is 2.33. The summed E-state index contributed by atoms with van der Waals surface area (Å²) >= 11 is 0. The Kier molecular flexibility index (Phi) is 3.41. The van der Waals surface area contributed by atoms with Crippen LogP contribution in [0.3, 0.4) is 0 Å². The second-order valence-corrected chi connectivity index (χ2v) is 7.47. The minimum absolute atomic E-state index is 0.262. The number of hydrogen-bond acceptors (Lipinski definition) is 3. The van der Waals surface area contributed by atoms with Gasteiger partial charge in [-0.1, -0.05) is 0 Å². The van der Waals surface area contributed by atoms with Crippen molar-refractivity contribution in [1.29, 1.82) is 0 Å². The Morgan fingerprint density at radius 3 is 2.06 bits per heavy atom. The normalized spacial score (nSPS) is 41.5. The summed E-state index contributed by atoms with van der Waals surface area (Å²) in [5.74, 6) is 0. The quantitative estimate of drug-likeness (QED) is 0.815. The third-order valence-electron chi connectivity index (χ3n) is 4.64. The highest BCUT2D eigenvalue weighted by molar-refractivity contribution is 4.94. The third kappa shape index (κ3) is 2.89. The number of rotatable bonds is 2. The Hall–Kier alpha value is -0.120. The van der Waals surface area contributed by atoms with Gasteiger partial charge in [-0.2, -0.15) is 0 Å². The molecular formula is C15H28N2O. The SMILES string of the molecule is CC(C)(C)NC1CCC(N2CC3CC(C2)O3)CC1. The summed E-state index contributed by atoms with van der Waals surface area (Å²) < 4.78 is 5.73. The van der Waals surface area contributed by atoms with Crippen LogP contribution in [0.25, 0.3) is 0 Å². The molecule has 0 aromatic heterocycles. The van der Waals surface area contributed by atoms with Crippen molar-refractivity contribution in [2.24, 2.45) is 0 Å². The maximum Gasteiger partial charge on any atom is 0.0731 e. The van der Waals surface area contributed by atoms with Gasteiger partial charge in [-0.25, -0.2) is 0 Å². The summed E-state index contributed by atoms with van der Waals surface area (Å²) in [7, 11) is 0. The predicted octanol–water partition coefficient (Wildman–Crippen LogP) is 2.16. The monoisotopic (exact) mass is 252 g/mol. The minimum Gasteiger partial charge on any atom is -0.372 e. The number of nitrogens with one attached hydrogen (secondary N) is 1. The Bertz CT molecular complexity index is 275. The number of ether oxygens (including phenoxy) is 1. The highest BCUT2D eigenvalue weighted by atomic mass is 16.5. The smallest absolute Gasteiger partial charge is 0.0731 e. The Morgan fingerprint density at radius 1 is 1.00 bits per heavy atom. The summed E-state index contributed by atoms with van der Waals surface area (Å²) in [5.41, 5.74) is 0.262. The van der Waals surface area contributed by atoms with Crippen molar-refractivity contribution in [3.8, 4) is 0 Å². The molecule has 0 aromatic rings. The first-order chi connectivity index (χ1) is 8.49. The van der Waals surface area contributed by atoms with E-state index in [-0.39, 0.29) is 5.54 Å². The molecular weight excluding hydrogens is 224 g/mol. The molecule has 0 amide bonds. The predicted molar refractivity (Wildman–Crippen MR) is 73.8 cm³/mol. The molecule has 18 heavy (non-hydrogen) atoms. The lowest BCUT2D eigenvalue weighted by atomic mass is 9.86. The van der Waals surface area contributed by atoms with Crippen LogP contribution < -0.4 is 5.32 Å². The summed E-state index contributed by atoms with van der Waals surface area (Å²) in [6.45, 7) is 9.20. The van der Waals surface area contributed by atoms with Crippen molar-refractivity contribution < 1.29 is 4.74 Å². The number of morpholine rings is 1. The molecule has 3 heteroatoms. The first-order valence-electron chi connectivity index (χ1n) is 7.67. The molecule has 2 bridgehead atoms. The molecule has 1 aliphatic carbocycles. The fraction of sp³-hybridized carbons (Fsp3) is 1.00. The molecule has 1 N–H and O–H groups in total. The molecule has 1 saturated carbocycles. The second-order valence-electron chi connectivity index (χ2n) is 7.47. The van der Waals surface area contributed by atoms with Crippen molar-refractivity contribution >= 4 is 0 Å². The van der Waals surface area contributed by atoms with E-state index in [1.165, 1.54) is 45.2 Å². The lowest BCUT2D eigenvalue weighted by Crippen LogP contribution is -2.60. The Morgan fingerprint density at radius 2 is 1.56 bits per heavy atom. The van der Waals surface area contributed by atoms with E-state index in [4.69, 9.17) is 4.74 Å². The van der Waals surface area contributed by atoms with Crippen LogP contribution in [0.5, 0.6) is 0 Å². The van der Waals surface area contributed by atoms with Gasteiger partial charge in [0.05, 0.1) is 12.2 Å². The first-order valence-corrected chi connectivity index (χ1v) is 7.67. The second kappa shape index (κ2) is 4.77. The number of hydrogen-bond donors (Lipinski definition) is 1. The van der Waals surface area contributed by atoms with Crippen LogP contribution in [0.4, 0.5) is 0 Å². The number of piperidine rings is 1. The van der Waals surface area contributed by atoms with E-state index < -0.39 is 0 Å². The lowest BCUT2D eigenvalue weighted by molar-refractivity contribution is -0.189. The molecule has 0 spiro atoms. The maximum absolute atomic E-state index is 5.73. The van der Waals surface area contributed by atoms with Gasteiger partial charge in [-0.3, -0.25) is 4.90 Å². The van der Waals surface area contributed by atoms with Crippen LogP contribution in [-0.2, 0) is 4.74 Å². The van der Waals surface area contributed by atoms with Crippen LogP contribution in [-0.4, -0.2) is 47.8 Å². The van der Waals surface area contributed by atoms with Gasteiger partial charge >= 0.3 is 0 Å². The van der Waals surface area contributed by atoms with Crippen LogP contribution in [0, 0.1) is 0 Å². The molecule has 3 saturated heterocycles. The van der Waals surface area contributed by atoms with Gasteiger partial charge in [-0.15, -0.1) is 0 Å². The average Bonchev–Trinajstić information content (AvgIpc) is 2.27. The van der Waals surface area contributed by atoms with Gasteiger partial charge in [-0.05, 0) is 46.5 Å². The van der Waals surface area contributed by atoms with E-state index in [0.717, 1.165) is 12.1 Å². The molecule has 2 atom stereocenters. The third-order valence-corrected chi connectivity index (χ3v) is 4.64. The van der Waals surface area contributed by atoms with Crippen molar-refractivity contribution in [1.82, 2.24) is 10.2 Å². The zero-order chi connectivity index (χ0) is 12.8. The summed E-state index contributed by atoms with van der Waals surface area (Å²) in [5, 5.41) is 3.76. The minimum atomic E-state index is 0.262. The van der Waals surface area contributed by atoms with Crippen LogP contribution >= 0.6 is 0 Å². The van der Waals surface area contributed by atoms with E-state index in [9.17, 15) is 0 Å². The Labute approximate surface area is 111 Å². The largest absolute Gasteiger partial charge is 0.372 e. The molecule has 4 fully saturated rings. The standard InChI is InChI=1S/C15H28N2O/c1-15(2,3)16-11-4-6-12(7-5-11)17-9-13-8-14(10-17)18-13/h11-14,16H,4-10H2,1-3H3. The zero-order valence-electron chi connectivity index (χ0n) is 12.1. The number of fused-ring (bicyclic) bond motifs is 2. The molecule has 4 aliphatic rings. The van der Waals surface area contributed by atoms with Gasteiger partial charge < -0.3 is 10.1 Å². The van der Waals surface area contributed by atoms with Gasteiger partial charge in [0.2, 0.25) is 0 Å². The zero-order valence-corrected chi connectivity index (χ0v) is 12.1. The van der Waals surface area contributed by atoms with Crippen molar-refractivity contribution in [2.45, 2.75) is 82.7 Å². The fourth-order valence-corrected chi connectivity index (χ4v) is 3.88. The van der Waals surface area contributed by atoms with Gasteiger partial charge in [0.25, 0.3) is 0 Å². The molecule has 3 heterocycles. The fourth-order valence-electron chi connectivity index (χ4n) is 3.88. The van der Waals surface area contributed by atoms with E-state index in [1.54, 1.807) is 0 Å². The molecule has 0 radical (unpaired) electrons. The average molecular weight is 252 g/mol. The summed E-state index contributed by atoms with van der Waals surface area (Å²) in [6, 6.07) is 1.56. The lowest BCUT2D eigenvalue weighted by Gasteiger charge is -2.51. The molecule has 0 aromatic carbocycles. The van der Waals surface area contributed by atoms with Crippen LogP contribution in [0.15, 0.2) is 0 Å². The van der Waals surface area contributed by atoms with Crippen LogP contribution in [0.2, 0.25) is 0 Å². The molecule has 4 rings (SSSR count). The van der Waals surface area contributed by atoms with E-state index in [1.807, 2.05) is 0 Å². The maximum atomic E-state index is 5.73. The molecule has 104 valence electrons. The molecule has 2 unspecified atom stereocenters.